The average Bonchev–Trinajstić information content (AvgIpc) is 2.59. The Morgan fingerprint density at radius 1 is 1.09 bits per heavy atom. The van der Waals surface area contributed by atoms with E-state index in [0.29, 0.717) is 18.7 Å². The molecule has 23 heavy (non-hydrogen) atoms. The van der Waals surface area contributed by atoms with Crippen molar-refractivity contribution in [3.8, 4) is 5.75 Å². The van der Waals surface area contributed by atoms with Gasteiger partial charge in [-0.05, 0) is 23.6 Å². The van der Waals surface area contributed by atoms with Gasteiger partial charge in [0.2, 0.25) is 5.91 Å². The molecule has 2 rings (SSSR count). The van der Waals surface area contributed by atoms with Crippen LogP contribution in [0.15, 0.2) is 48.5 Å². The zero-order chi connectivity index (χ0) is 16.5. The molecule has 2 N–H and O–H groups in total. The molecule has 0 heterocycles. The topological polar surface area (TPSA) is 58.6 Å². The first-order valence-electron chi connectivity index (χ1n) is 7.89. The Labute approximate surface area is 137 Å². The van der Waals surface area contributed by atoms with Gasteiger partial charge in [0.25, 0.3) is 0 Å². The van der Waals surface area contributed by atoms with E-state index >= 15 is 0 Å². The van der Waals surface area contributed by atoms with Gasteiger partial charge >= 0.3 is 0 Å². The molecule has 4 nitrogen and oxygen atoms in total. The summed E-state index contributed by atoms with van der Waals surface area (Å²) in [4.78, 5) is 12.1. The summed E-state index contributed by atoms with van der Waals surface area (Å²) in [6.45, 7) is 2.73. The molecule has 0 radical (unpaired) electrons. The Kier molecular flexibility index (Phi) is 6.63. The number of rotatable bonds is 8. The van der Waals surface area contributed by atoms with Crippen LogP contribution in [0, 0.1) is 0 Å². The lowest BCUT2D eigenvalue weighted by atomic mass is 10.1. The second-order valence-corrected chi connectivity index (χ2v) is 5.30. The largest absolute Gasteiger partial charge is 0.491 e. The van der Waals surface area contributed by atoms with Gasteiger partial charge in [-0.1, -0.05) is 49.4 Å². The summed E-state index contributed by atoms with van der Waals surface area (Å²) in [6.07, 6.45) is 1.36. The number of aliphatic hydroxyl groups is 1. The number of hydrogen-bond acceptors (Lipinski definition) is 3. The van der Waals surface area contributed by atoms with E-state index < -0.39 is 0 Å². The van der Waals surface area contributed by atoms with E-state index in [4.69, 9.17) is 9.84 Å². The number of ether oxygens (including phenoxy) is 1. The van der Waals surface area contributed by atoms with E-state index in [1.807, 2.05) is 36.4 Å². The summed E-state index contributed by atoms with van der Waals surface area (Å²) in [5.74, 6) is 0.667. The quantitative estimate of drug-likeness (QED) is 0.787. The first-order chi connectivity index (χ1) is 11.2. The predicted octanol–water partition coefficient (Wildman–Crippen LogP) is 2.48. The molecule has 2 aromatic rings. The fourth-order valence-corrected chi connectivity index (χ4v) is 2.28. The zero-order valence-corrected chi connectivity index (χ0v) is 13.4. The van der Waals surface area contributed by atoms with Crippen molar-refractivity contribution in [1.29, 1.82) is 0 Å². The van der Waals surface area contributed by atoms with Crippen LogP contribution >= 0.6 is 0 Å². The van der Waals surface area contributed by atoms with E-state index in [9.17, 15) is 4.79 Å². The minimum absolute atomic E-state index is 0.0220. The maximum absolute atomic E-state index is 12.1. The molecule has 0 spiro atoms. The highest BCUT2D eigenvalue weighted by atomic mass is 16.5. The molecule has 4 heteroatoms. The molecule has 2 aromatic carbocycles. The molecular formula is C19H23NO3. The fraction of sp³-hybridized carbons (Fsp3) is 0.316. The molecule has 0 aromatic heterocycles. The summed E-state index contributed by atoms with van der Waals surface area (Å²) in [5.41, 5.74) is 3.17. The standard InChI is InChI=1S/C19H23NO3/c1-2-15-7-9-16(10-8-15)13-19(22)20-14-17-5-3-4-6-18(17)23-12-11-21/h3-10,21H,2,11-14H2,1H3,(H,20,22). The third-order valence-electron chi connectivity index (χ3n) is 3.59. The van der Waals surface area contributed by atoms with Crippen molar-refractivity contribution in [1.82, 2.24) is 5.32 Å². The van der Waals surface area contributed by atoms with Crippen LogP contribution in [0.2, 0.25) is 0 Å². The maximum Gasteiger partial charge on any atom is 0.224 e. The molecule has 0 aliphatic rings. The van der Waals surface area contributed by atoms with Crippen molar-refractivity contribution in [2.24, 2.45) is 0 Å². The van der Waals surface area contributed by atoms with Crippen molar-refractivity contribution >= 4 is 5.91 Å². The van der Waals surface area contributed by atoms with Gasteiger partial charge < -0.3 is 15.2 Å². The van der Waals surface area contributed by atoms with Crippen molar-refractivity contribution in [2.75, 3.05) is 13.2 Å². The van der Waals surface area contributed by atoms with Gasteiger partial charge in [0, 0.05) is 12.1 Å². The number of benzene rings is 2. The van der Waals surface area contributed by atoms with E-state index in [1.165, 1.54) is 5.56 Å². The molecule has 122 valence electrons. The molecule has 0 atom stereocenters. The number of nitrogens with one attached hydrogen (secondary N) is 1. The lowest BCUT2D eigenvalue weighted by molar-refractivity contribution is -0.120. The highest BCUT2D eigenvalue weighted by molar-refractivity contribution is 5.78. The summed E-state index contributed by atoms with van der Waals surface area (Å²) in [7, 11) is 0. The van der Waals surface area contributed by atoms with Crippen LogP contribution in [0.3, 0.4) is 0 Å². The van der Waals surface area contributed by atoms with Gasteiger partial charge in [-0.25, -0.2) is 0 Å². The Bertz CT molecular complexity index is 623. The lowest BCUT2D eigenvalue weighted by Gasteiger charge is -2.11. The van der Waals surface area contributed by atoms with Gasteiger partial charge in [-0.15, -0.1) is 0 Å². The summed E-state index contributed by atoms with van der Waals surface area (Å²) in [6, 6.07) is 15.6. The normalized spacial score (nSPS) is 10.3. The van der Waals surface area contributed by atoms with Gasteiger partial charge in [0.1, 0.15) is 12.4 Å². The summed E-state index contributed by atoms with van der Waals surface area (Å²) < 4.78 is 5.46. The van der Waals surface area contributed by atoms with E-state index in [2.05, 4.69) is 24.4 Å². The van der Waals surface area contributed by atoms with Crippen LogP contribution in [0.1, 0.15) is 23.6 Å². The monoisotopic (exact) mass is 313 g/mol. The van der Waals surface area contributed by atoms with E-state index in [0.717, 1.165) is 17.5 Å². The number of hydrogen-bond donors (Lipinski definition) is 2. The van der Waals surface area contributed by atoms with Gasteiger partial charge in [0.15, 0.2) is 0 Å². The summed E-state index contributed by atoms with van der Waals surface area (Å²) >= 11 is 0. The molecule has 0 bridgehead atoms. The van der Waals surface area contributed by atoms with E-state index in [-0.39, 0.29) is 19.1 Å². The van der Waals surface area contributed by atoms with Crippen LogP contribution in [0.25, 0.3) is 0 Å². The summed E-state index contributed by atoms with van der Waals surface area (Å²) in [5, 5.41) is 11.8. The molecule has 0 aliphatic carbocycles. The van der Waals surface area contributed by atoms with Crippen molar-refractivity contribution in [3.05, 3.63) is 65.2 Å². The Morgan fingerprint density at radius 3 is 2.48 bits per heavy atom. The highest BCUT2D eigenvalue weighted by Gasteiger charge is 2.07. The van der Waals surface area contributed by atoms with Crippen molar-refractivity contribution in [2.45, 2.75) is 26.3 Å². The van der Waals surface area contributed by atoms with Crippen LogP contribution < -0.4 is 10.1 Å². The number of para-hydroxylation sites is 1. The van der Waals surface area contributed by atoms with Crippen LogP contribution in [0.5, 0.6) is 5.75 Å². The molecule has 0 unspecified atom stereocenters. The second-order valence-electron chi connectivity index (χ2n) is 5.30. The first-order valence-corrected chi connectivity index (χ1v) is 7.89. The molecular weight excluding hydrogens is 290 g/mol. The van der Waals surface area contributed by atoms with Gasteiger partial charge in [-0.3, -0.25) is 4.79 Å². The third kappa shape index (κ3) is 5.42. The second kappa shape index (κ2) is 8.96. The number of aryl methyl sites for hydroxylation is 1. The molecule has 0 saturated carbocycles. The SMILES string of the molecule is CCc1ccc(CC(=O)NCc2ccccc2OCCO)cc1. The Hall–Kier alpha value is -2.33. The Morgan fingerprint density at radius 2 is 1.78 bits per heavy atom. The lowest BCUT2D eigenvalue weighted by Crippen LogP contribution is -2.24. The van der Waals surface area contributed by atoms with Crippen LogP contribution in [-0.4, -0.2) is 24.2 Å². The minimum Gasteiger partial charge on any atom is -0.491 e. The average molecular weight is 313 g/mol. The Balaban J connectivity index is 1.88. The van der Waals surface area contributed by atoms with Crippen LogP contribution in [-0.2, 0) is 24.2 Å². The van der Waals surface area contributed by atoms with Crippen molar-refractivity contribution in [3.63, 3.8) is 0 Å². The third-order valence-corrected chi connectivity index (χ3v) is 3.59. The number of carbonyl (C=O) groups is 1. The fourth-order valence-electron chi connectivity index (χ4n) is 2.28. The van der Waals surface area contributed by atoms with Gasteiger partial charge in [-0.2, -0.15) is 0 Å². The smallest absolute Gasteiger partial charge is 0.224 e. The predicted molar refractivity (Wildman–Crippen MR) is 90.4 cm³/mol. The maximum atomic E-state index is 12.1. The molecule has 0 fully saturated rings. The molecule has 0 aliphatic heterocycles. The number of carbonyl (C=O) groups excluding carboxylic acids is 1. The zero-order valence-electron chi connectivity index (χ0n) is 13.4. The van der Waals surface area contributed by atoms with Crippen LogP contribution in [0.4, 0.5) is 0 Å². The first kappa shape index (κ1) is 17.0. The van der Waals surface area contributed by atoms with Crippen molar-refractivity contribution < 1.29 is 14.6 Å². The van der Waals surface area contributed by atoms with Gasteiger partial charge in [0.05, 0.1) is 13.0 Å². The molecule has 0 saturated heterocycles. The minimum atomic E-state index is -0.0333. The number of aliphatic hydroxyl groups excluding tert-OH is 1. The van der Waals surface area contributed by atoms with E-state index in [1.54, 1.807) is 0 Å². The number of amides is 1. The molecule has 1 amide bonds. The highest BCUT2D eigenvalue weighted by Crippen LogP contribution is 2.17.